The maximum absolute atomic E-state index is 11.1. The van der Waals surface area contributed by atoms with Gasteiger partial charge in [-0.25, -0.2) is 12.7 Å². The van der Waals surface area contributed by atoms with Crippen LogP contribution in [0.3, 0.4) is 0 Å². The Bertz CT molecular complexity index is 292. The summed E-state index contributed by atoms with van der Waals surface area (Å²) < 4.78 is 23.4. The van der Waals surface area contributed by atoms with Crippen LogP contribution in [0.4, 0.5) is 0 Å². The number of aliphatic hydroxyl groups is 1. The molecule has 1 heterocycles. The highest BCUT2D eigenvalue weighted by Gasteiger charge is 2.36. The minimum absolute atomic E-state index is 0.0384. The summed E-state index contributed by atoms with van der Waals surface area (Å²) in [4.78, 5) is 10.2. The number of carboxylic acids is 1. The smallest absolute Gasteiger partial charge is 0.320 e. The lowest BCUT2D eigenvalue weighted by Gasteiger charge is -2.36. The molecule has 13 heavy (non-hydrogen) atoms. The molecule has 0 saturated carbocycles. The molecule has 0 unspecified atom stereocenters. The normalized spacial score (nSPS) is 19.8. The number of nitrogens with zero attached hydrogens (tertiary/aromatic N) is 1. The van der Waals surface area contributed by atoms with Crippen LogP contribution in [0.15, 0.2) is 0 Å². The monoisotopic (exact) mass is 209 g/mol. The lowest BCUT2D eigenvalue weighted by molar-refractivity contribution is -0.134. The molecule has 0 aromatic rings. The van der Waals surface area contributed by atoms with E-state index in [2.05, 4.69) is 0 Å². The van der Waals surface area contributed by atoms with Gasteiger partial charge in [0.05, 0.1) is 0 Å². The highest BCUT2D eigenvalue weighted by Crippen LogP contribution is 2.18. The third kappa shape index (κ3) is 2.39. The van der Waals surface area contributed by atoms with Crippen LogP contribution < -0.4 is 0 Å². The second-order valence-corrected chi connectivity index (χ2v) is 4.98. The minimum atomic E-state index is -3.64. The fourth-order valence-electron chi connectivity index (χ4n) is 1.11. The zero-order chi connectivity index (χ0) is 10.1. The fraction of sp³-hybridized carbons (Fsp3) is 0.833. The number of aliphatic hydroxyl groups excluding tert-OH is 1. The van der Waals surface area contributed by atoms with Crippen molar-refractivity contribution in [1.29, 1.82) is 0 Å². The van der Waals surface area contributed by atoms with Crippen molar-refractivity contribution >= 4 is 16.0 Å². The molecule has 76 valence electrons. The first-order valence-electron chi connectivity index (χ1n) is 3.76. The van der Waals surface area contributed by atoms with Gasteiger partial charge in [0, 0.05) is 25.6 Å². The average molecular weight is 209 g/mol. The van der Waals surface area contributed by atoms with E-state index in [1.54, 1.807) is 0 Å². The van der Waals surface area contributed by atoms with Gasteiger partial charge in [-0.05, 0) is 0 Å². The SMILES string of the molecule is O=C(O)CS(=O)(=O)N1CC(CO)C1. The third-order valence-corrected chi connectivity index (χ3v) is 3.58. The van der Waals surface area contributed by atoms with E-state index in [-0.39, 0.29) is 25.6 Å². The first kappa shape index (κ1) is 10.4. The van der Waals surface area contributed by atoms with Gasteiger partial charge in [-0.15, -0.1) is 0 Å². The van der Waals surface area contributed by atoms with E-state index < -0.39 is 21.7 Å². The molecule has 6 nitrogen and oxygen atoms in total. The largest absolute Gasteiger partial charge is 0.480 e. The van der Waals surface area contributed by atoms with E-state index >= 15 is 0 Å². The Morgan fingerprint density at radius 3 is 2.38 bits per heavy atom. The Hall–Kier alpha value is -0.660. The second-order valence-electron chi connectivity index (χ2n) is 3.02. The first-order valence-corrected chi connectivity index (χ1v) is 5.37. The van der Waals surface area contributed by atoms with Gasteiger partial charge in [-0.1, -0.05) is 0 Å². The number of carboxylic acid groups (broad SMARTS) is 1. The fourth-order valence-corrected chi connectivity index (χ4v) is 2.48. The van der Waals surface area contributed by atoms with Crippen molar-refractivity contribution in [2.45, 2.75) is 0 Å². The molecule has 1 saturated heterocycles. The summed E-state index contributed by atoms with van der Waals surface area (Å²) in [5.41, 5.74) is 0. The van der Waals surface area contributed by atoms with Gasteiger partial charge in [0.25, 0.3) is 0 Å². The molecule has 7 heteroatoms. The summed E-state index contributed by atoms with van der Waals surface area (Å²) in [7, 11) is -3.64. The van der Waals surface area contributed by atoms with Crippen LogP contribution >= 0.6 is 0 Å². The van der Waals surface area contributed by atoms with Crippen molar-refractivity contribution in [2.75, 3.05) is 25.4 Å². The van der Waals surface area contributed by atoms with Gasteiger partial charge < -0.3 is 10.2 Å². The van der Waals surface area contributed by atoms with E-state index in [9.17, 15) is 13.2 Å². The molecule has 1 aliphatic heterocycles. The summed E-state index contributed by atoms with van der Waals surface area (Å²) in [6.45, 7) is 0.400. The summed E-state index contributed by atoms with van der Waals surface area (Å²) >= 11 is 0. The van der Waals surface area contributed by atoms with E-state index in [1.807, 2.05) is 0 Å². The molecule has 0 amide bonds. The second kappa shape index (κ2) is 3.60. The van der Waals surface area contributed by atoms with Gasteiger partial charge >= 0.3 is 5.97 Å². The summed E-state index contributed by atoms with van der Waals surface area (Å²) in [5.74, 6) is -2.26. The van der Waals surface area contributed by atoms with E-state index in [1.165, 1.54) is 0 Å². The summed E-state index contributed by atoms with van der Waals surface area (Å²) in [6.07, 6.45) is 0. The predicted octanol–water partition coefficient (Wildman–Crippen LogP) is -1.68. The molecule has 1 aliphatic rings. The number of carbonyl (C=O) groups is 1. The van der Waals surface area contributed by atoms with Crippen molar-refractivity contribution in [2.24, 2.45) is 5.92 Å². The van der Waals surface area contributed by atoms with Gasteiger partial charge in [0.2, 0.25) is 10.0 Å². The number of hydrogen-bond donors (Lipinski definition) is 2. The van der Waals surface area contributed by atoms with E-state index in [4.69, 9.17) is 10.2 Å². The van der Waals surface area contributed by atoms with Gasteiger partial charge in [-0.2, -0.15) is 0 Å². The molecule has 1 rings (SSSR count). The standard InChI is InChI=1S/C6H11NO5S/c8-3-5-1-7(2-5)13(11,12)4-6(9)10/h5,8H,1-4H2,(H,9,10). The van der Waals surface area contributed by atoms with Crippen LogP contribution in [0.2, 0.25) is 0 Å². The Morgan fingerprint density at radius 1 is 1.46 bits per heavy atom. The van der Waals surface area contributed by atoms with Crippen LogP contribution in [0.25, 0.3) is 0 Å². The van der Waals surface area contributed by atoms with Crippen LogP contribution in [0.1, 0.15) is 0 Å². The number of rotatable bonds is 4. The number of sulfonamides is 1. The maximum atomic E-state index is 11.1. The highest BCUT2D eigenvalue weighted by molar-refractivity contribution is 7.89. The van der Waals surface area contributed by atoms with Crippen molar-refractivity contribution < 1.29 is 23.4 Å². The topological polar surface area (TPSA) is 94.9 Å². The highest BCUT2D eigenvalue weighted by atomic mass is 32.2. The van der Waals surface area contributed by atoms with E-state index in [0.29, 0.717) is 0 Å². The zero-order valence-electron chi connectivity index (χ0n) is 6.88. The van der Waals surface area contributed by atoms with Gasteiger partial charge in [-0.3, -0.25) is 4.79 Å². The molecule has 0 atom stereocenters. The molecule has 0 aromatic carbocycles. The van der Waals surface area contributed by atoms with Gasteiger partial charge in [0.1, 0.15) is 0 Å². The Labute approximate surface area is 75.8 Å². The average Bonchev–Trinajstić information content (AvgIpc) is 1.79. The third-order valence-electron chi connectivity index (χ3n) is 1.88. The van der Waals surface area contributed by atoms with Crippen molar-refractivity contribution in [1.82, 2.24) is 4.31 Å². The Balaban J connectivity index is 2.49. The molecule has 2 N–H and O–H groups in total. The molecule has 0 spiro atoms. The lowest BCUT2D eigenvalue weighted by Crippen LogP contribution is -2.52. The zero-order valence-corrected chi connectivity index (χ0v) is 7.70. The molecule has 0 radical (unpaired) electrons. The minimum Gasteiger partial charge on any atom is -0.480 e. The summed E-state index contributed by atoms with van der Waals surface area (Å²) in [5, 5.41) is 16.9. The Kier molecular flexibility index (Phi) is 2.89. The lowest BCUT2D eigenvalue weighted by atomic mass is 10.1. The molecular weight excluding hydrogens is 198 g/mol. The number of hydrogen-bond acceptors (Lipinski definition) is 4. The van der Waals surface area contributed by atoms with Crippen LogP contribution in [0, 0.1) is 5.92 Å². The van der Waals surface area contributed by atoms with Crippen molar-refractivity contribution in [3.8, 4) is 0 Å². The molecule has 0 aliphatic carbocycles. The van der Waals surface area contributed by atoms with Crippen LogP contribution in [-0.2, 0) is 14.8 Å². The predicted molar refractivity (Wildman–Crippen MR) is 43.6 cm³/mol. The van der Waals surface area contributed by atoms with Crippen molar-refractivity contribution in [3.63, 3.8) is 0 Å². The number of aliphatic carboxylic acids is 1. The Morgan fingerprint density at radius 2 is 2.00 bits per heavy atom. The van der Waals surface area contributed by atoms with Crippen molar-refractivity contribution in [3.05, 3.63) is 0 Å². The molecular formula is C6H11NO5S. The van der Waals surface area contributed by atoms with Crippen LogP contribution in [0.5, 0.6) is 0 Å². The quantitative estimate of drug-likeness (QED) is 0.577. The summed E-state index contributed by atoms with van der Waals surface area (Å²) in [6, 6.07) is 0. The van der Waals surface area contributed by atoms with E-state index in [0.717, 1.165) is 4.31 Å². The van der Waals surface area contributed by atoms with Gasteiger partial charge in [0.15, 0.2) is 5.75 Å². The van der Waals surface area contributed by atoms with Crippen LogP contribution in [-0.4, -0.2) is 54.4 Å². The molecule has 0 aromatic heterocycles. The molecule has 0 bridgehead atoms. The first-order chi connectivity index (χ1) is 5.95. The molecule has 1 fully saturated rings. The maximum Gasteiger partial charge on any atom is 0.320 e.